The van der Waals surface area contributed by atoms with Crippen molar-refractivity contribution in [2.45, 2.75) is 32.0 Å². The molecule has 0 aliphatic rings. The van der Waals surface area contributed by atoms with Crippen molar-refractivity contribution in [3.63, 3.8) is 0 Å². The van der Waals surface area contributed by atoms with Crippen molar-refractivity contribution >= 4 is 5.91 Å². The van der Waals surface area contributed by atoms with Gasteiger partial charge < -0.3 is 15.8 Å². The molecule has 0 fully saturated rings. The Bertz CT molecular complexity index is 205. The summed E-state index contributed by atoms with van der Waals surface area (Å²) in [7, 11) is 0. The molecular formula is C9H17F3N2O2. The lowest BCUT2D eigenvalue weighted by atomic mass is 10.2. The maximum atomic E-state index is 11.7. The fourth-order valence-electron chi connectivity index (χ4n) is 0.980. The number of nitrogens with one attached hydrogen (secondary N) is 1. The Hall–Kier alpha value is -0.820. The van der Waals surface area contributed by atoms with Gasteiger partial charge in [0.2, 0.25) is 5.91 Å². The van der Waals surface area contributed by atoms with Crippen LogP contribution in [-0.4, -0.2) is 37.9 Å². The minimum Gasteiger partial charge on any atom is -0.372 e. The van der Waals surface area contributed by atoms with Gasteiger partial charge in [0.05, 0.1) is 6.61 Å². The van der Waals surface area contributed by atoms with Crippen molar-refractivity contribution in [1.82, 2.24) is 5.32 Å². The highest BCUT2D eigenvalue weighted by Crippen LogP contribution is 2.14. The third-order valence-electron chi connectivity index (χ3n) is 1.88. The largest absolute Gasteiger partial charge is 0.411 e. The molecule has 0 saturated carbocycles. The predicted molar refractivity (Wildman–Crippen MR) is 52.8 cm³/mol. The van der Waals surface area contributed by atoms with Gasteiger partial charge in [-0.2, -0.15) is 13.2 Å². The van der Waals surface area contributed by atoms with E-state index in [4.69, 9.17) is 5.73 Å². The highest BCUT2D eigenvalue weighted by Gasteiger charge is 2.27. The van der Waals surface area contributed by atoms with E-state index in [1.54, 1.807) is 0 Å². The van der Waals surface area contributed by atoms with Crippen LogP contribution in [0, 0.1) is 0 Å². The Morgan fingerprint density at radius 3 is 2.56 bits per heavy atom. The van der Waals surface area contributed by atoms with E-state index in [0.29, 0.717) is 13.0 Å². The summed E-state index contributed by atoms with van der Waals surface area (Å²) in [5, 5.41) is 2.59. The first-order valence-electron chi connectivity index (χ1n) is 5.03. The fraction of sp³-hybridized carbons (Fsp3) is 0.889. The summed E-state index contributed by atoms with van der Waals surface area (Å²) in [6.45, 7) is 0.602. The molecule has 0 aliphatic heterocycles. The normalized spacial score (nSPS) is 13.6. The zero-order chi connectivity index (χ0) is 12.6. The molecule has 0 rings (SSSR count). The molecule has 0 spiro atoms. The minimum atomic E-state index is -4.35. The van der Waals surface area contributed by atoms with Gasteiger partial charge >= 0.3 is 6.18 Å². The summed E-state index contributed by atoms with van der Waals surface area (Å²) in [5.74, 6) is -0.348. The maximum Gasteiger partial charge on any atom is 0.411 e. The Labute approximate surface area is 92.3 Å². The number of hydrogen-bond donors (Lipinski definition) is 2. The third kappa shape index (κ3) is 8.49. The van der Waals surface area contributed by atoms with Gasteiger partial charge in [0.15, 0.2) is 0 Å². The van der Waals surface area contributed by atoms with E-state index >= 15 is 0 Å². The van der Waals surface area contributed by atoms with Crippen LogP contribution in [0.3, 0.4) is 0 Å². The first-order valence-corrected chi connectivity index (χ1v) is 5.03. The topological polar surface area (TPSA) is 64.3 Å². The van der Waals surface area contributed by atoms with Gasteiger partial charge in [0.25, 0.3) is 0 Å². The standard InChI is InChI=1S/C9H17F3N2O2/c1-2-7(5-13)14-8(15)3-4-16-6-9(10,11)12/h7H,2-6,13H2,1H3,(H,14,15). The quantitative estimate of drug-likeness (QED) is 0.649. The second-order valence-corrected chi connectivity index (χ2v) is 3.33. The molecule has 0 saturated heterocycles. The Balaban J connectivity index is 3.58. The molecule has 0 aromatic heterocycles. The van der Waals surface area contributed by atoms with Crippen LogP contribution < -0.4 is 11.1 Å². The van der Waals surface area contributed by atoms with Gasteiger partial charge in [-0.25, -0.2) is 0 Å². The average Bonchev–Trinajstić information content (AvgIpc) is 2.19. The molecule has 0 aromatic carbocycles. The molecule has 1 amide bonds. The van der Waals surface area contributed by atoms with E-state index in [0.717, 1.165) is 0 Å². The highest BCUT2D eigenvalue weighted by molar-refractivity contribution is 5.76. The number of amides is 1. The summed E-state index contributed by atoms with van der Waals surface area (Å²) in [6, 6.07) is -0.130. The summed E-state index contributed by atoms with van der Waals surface area (Å²) < 4.78 is 39.3. The number of ether oxygens (including phenoxy) is 1. The first-order chi connectivity index (χ1) is 7.39. The number of carbonyl (C=O) groups excluding carboxylic acids is 1. The van der Waals surface area contributed by atoms with Crippen LogP contribution in [0.4, 0.5) is 13.2 Å². The predicted octanol–water partition coefficient (Wildman–Crippen LogP) is 0.809. The lowest BCUT2D eigenvalue weighted by molar-refractivity contribution is -0.174. The number of carbonyl (C=O) groups is 1. The fourth-order valence-corrected chi connectivity index (χ4v) is 0.980. The molecule has 16 heavy (non-hydrogen) atoms. The second-order valence-electron chi connectivity index (χ2n) is 3.33. The van der Waals surface area contributed by atoms with Crippen LogP contribution in [0.25, 0.3) is 0 Å². The number of halogens is 3. The van der Waals surface area contributed by atoms with Crippen molar-refractivity contribution in [3.8, 4) is 0 Å². The second kappa shape index (κ2) is 7.45. The van der Waals surface area contributed by atoms with E-state index in [2.05, 4.69) is 10.1 Å². The van der Waals surface area contributed by atoms with Gasteiger partial charge in [-0.05, 0) is 6.42 Å². The molecule has 1 unspecified atom stereocenters. The Morgan fingerprint density at radius 1 is 1.50 bits per heavy atom. The van der Waals surface area contributed by atoms with Gasteiger partial charge in [-0.15, -0.1) is 0 Å². The SMILES string of the molecule is CCC(CN)NC(=O)CCOCC(F)(F)F. The van der Waals surface area contributed by atoms with Gasteiger partial charge in [0, 0.05) is 19.0 Å². The molecule has 4 nitrogen and oxygen atoms in total. The van der Waals surface area contributed by atoms with Crippen LogP contribution in [-0.2, 0) is 9.53 Å². The molecule has 1 atom stereocenters. The van der Waals surface area contributed by atoms with Crippen molar-refractivity contribution in [1.29, 1.82) is 0 Å². The van der Waals surface area contributed by atoms with E-state index in [1.807, 2.05) is 6.92 Å². The van der Waals surface area contributed by atoms with E-state index in [-0.39, 0.29) is 25.0 Å². The van der Waals surface area contributed by atoms with E-state index in [9.17, 15) is 18.0 Å². The monoisotopic (exact) mass is 242 g/mol. The smallest absolute Gasteiger partial charge is 0.372 e. The van der Waals surface area contributed by atoms with Crippen LogP contribution >= 0.6 is 0 Å². The molecule has 3 N–H and O–H groups in total. The number of nitrogens with two attached hydrogens (primary N) is 1. The third-order valence-corrected chi connectivity index (χ3v) is 1.88. The van der Waals surface area contributed by atoms with E-state index < -0.39 is 12.8 Å². The van der Waals surface area contributed by atoms with Crippen LogP contribution in [0.5, 0.6) is 0 Å². The van der Waals surface area contributed by atoms with Crippen LogP contribution in [0.2, 0.25) is 0 Å². The lowest BCUT2D eigenvalue weighted by Crippen LogP contribution is -2.40. The van der Waals surface area contributed by atoms with Gasteiger partial charge in [0.1, 0.15) is 6.61 Å². The molecule has 0 radical (unpaired) electrons. The molecular weight excluding hydrogens is 225 g/mol. The Morgan fingerprint density at radius 2 is 2.12 bits per heavy atom. The molecule has 0 aromatic rings. The molecule has 0 aliphatic carbocycles. The van der Waals surface area contributed by atoms with Crippen molar-refractivity contribution in [3.05, 3.63) is 0 Å². The van der Waals surface area contributed by atoms with E-state index in [1.165, 1.54) is 0 Å². The van der Waals surface area contributed by atoms with Crippen LogP contribution in [0.1, 0.15) is 19.8 Å². The maximum absolute atomic E-state index is 11.7. The average molecular weight is 242 g/mol. The molecule has 7 heteroatoms. The molecule has 0 heterocycles. The minimum absolute atomic E-state index is 0.0907. The summed E-state index contributed by atoms with van der Waals surface area (Å²) >= 11 is 0. The van der Waals surface area contributed by atoms with Crippen LogP contribution in [0.15, 0.2) is 0 Å². The zero-order valence-corrected chi connectivity index (χ0v) is 9.14. The summed E-state index contributed by atoms with van der Waals surface area (Å²) in [4.78, 5) is 11.2. The van der Waals surface area contributed by atoms with Crippen molar-refractivity contribution in [2.75, 3.05) is 19.8 Å². The number of hydrogen-bond acceptors (Lipinski definition) is 3. The van der Waals surface area contributed by atoms with Crippen molar-refractivity contribution in [2.24, 2.45) is 5.73 Å². The number of alkyl halides is 3. The zero-order valence-electron chi connectivity index (χ0n) is 9.14. The molecule has 0 bridgehead atoms. The Kier molecular flexibility index (Phi) is 7.07. The summed E-state index contributed by atoms with van der Waals surface area (Å²) in [5.41, 5.74) is 5.35. The number of rotatable bonds is 7. The van der Waals surface area contributed by atoms with Gasteiger partial charge in [-0.3, -0.25) is 4.79 Å². The lowest BCUT2D eigenvalue weighted by Gasteiger charge is -2.14. The van der Waals surface area contributed by atoms with Crippen molar-refractivity contribution < 1.29 is 22.7 Å². The highest BCUT2D eigenvalue weighted by atomic mass is 19.4. The molecule has 96 valence electrons. The summed E-state index contributed by atoms with van der Waals surface area (Å²) in [6.07, 6.45) is -3.75. The van der Waals surface area contributed by atoms with Gasteiger partial charge in [-0.1, -0.05) is 6.92 Å². The first kappa shape index (κ1) is 15.2.